The van der Waals surface area contributed by atoms with Gasteiger partial charge < -0.3 is 4.74 Å². The van der Waals surface area contributed by atoms with Gasteiger partial charge in [0.25, 0.3) is 0 Å². The van der Waals surface area contributed by atoms with Crippen molar-refractivity contribution in [3.05, 3.63) is 66.0 Å². The number of aromatic nitrogens is 3. The Labute approximate surface area is 154 Å². The lowest BCUT2D eigenvalue weighted by Crippen LogP contribution is -2.16. The van der Waals surface area contributed by atoms with Crippen molar-refractivity contribution in [2.45, 2.75) is 6.42 Å². The van der Waals surface area contributed by atoms with Crippen molar-refractivity contribution in [1.82, 2.24) is 14.6 Å². The van der Waals surface area contributed by atoms with Crippen LogP contribution in [0.25, 0.3) is 16.2 Å². The molecule has 130 valence electrons. The number of fused-ring (bicyclic) bond motifs is 1. The number of hydrogen-bond acceptors (Lipinski definition) is 5. The molecule has 0 atom stereocenters. The molecule has 0 radical (unpaired) electrons. The van der Waals surface area contributed by atoms with Crippen molar-refractivity contribution < 1.29 is 9.53 Å². The molecule has 0 aliphatic carbocycles. The summed E-state index contributed by atoms with van der Waals surface area (Å²) in [5.41, 5.74) is 2.00. The summed E-state index contributed by atoms with van der Waals surface area (Å²) >= 11 is 1.49. The molecule has 0 spiro atoms. The van der Waals surface area contributed by atoms with E-state index >= 15 is 0 Å². The molecule has 4 aromatic rings. The fraction of sp³-hybridized carbons (Fsp3) is 0.105. The number of hydrogen-bond donors (Lipinski definition) is 1. The maximum absolute atomic E-state index is 12.1. The zero-order chi connectivity index (χ0) is 17.8. The van der Waals surface area contributed by atoms with Crippen molar-refractivity contribution in [3.8, 4) is 17.0 Å². The largest absolute Gasteiger partial charge is 0.493 e. The fourth-order valence-electron chi connectivity index (χ4n) is 2.51. The minimum Gasteiger partial charge on any atom is -0.493 e. The van der Waals surface area contributed by atoms with Gasteiger partial charge in [-0.15, -0.1) is 16.4 Å². The van der Waals surface area contributed by atoms with E-state index in [-0.39, 0.29) is 12.3 Å². The van der Waals surface area contributed by atoms with Gasteiger partial charge in [0.05, 0.1) is 18.7 Å². The molecule has 0 aliphatic rings. The lowest BCUT2D eigenvalue weighted by Gasteiger charge is -2.05. The van der Waals surface area contributed by atoms with Crippen LogP contribution in [-0.2, 0) is 4.79 Å². The Hall–Kier alpha value is -3.19. The highest BCUT2D eigenvalue weighted by atomic mass is 32.1. The summed E-state index contributed by atoms with van der Waals surface area (Å²) in [6.45, 7) is 0.299. The molecular weight excluding hydrogens is 348 g/mol. The predicted octanol–water partition coefficient (Wildman–Crippen LogP) is 3.87. The van der Waals surface area contributed by atoms with Crippen LogP contribution in [0, 0.1) is 0 Å². The van der Waals surface area contributed by atoms with Gasteiger partial charge in [0.1, 0.15) is 5.75 Å². The normalized spacial score (nSPS) is 10.8. The van der Waals surface area contributed by atoms with E-state index < -0.39 is 0 Å². The Morgan fingerprint density at radius 1 is 1.08 bits per heavy atom. The van der Waals surface area contributed by atoms with E-state index in [4.69, 9.17) is 4.74 Å². The van der Waals surface area contributed by atoms with Crippen molar-refractivity contribution >= 4 is 28.2 Å². The fourth-order valence-corrected chi connectivity index (χ4v) is 3.34. The Morgan fingerprint density at radius 3 is 2.58 bits per heavy atom. The van der Waals surface area contributed by atoms with Crippen LogP contribution in [0.3, 0.4) is 0 Å². The van der Waals surface area contributed by atoms with E-state index in [0.717, 1.165) is 22.0 Å². The summed E-state index contributed by atoms with van der Waals surface area (Å²) in [5, 5.41) is 9.13. The smallest absolute Gasteiger partial charge is 0.250 e. The Kier molecular flexibility index (Phi) is 4.61. The average Bonchev–Trinajstić information content (AvgIpc) is 3.23. The van der Waals surface area contributed by atoms with Crippen LogP contribution in [0.15, 0.2) is 66.0 Å². The van der Waals surface area contributed by atoms with Crippen LogP contribution in [0.2, 0.25) is 0 Å². The standard InChI is InChI=1S/C19H16N4O2S/c24-17(11-12-25-15-9-5-2-6-10-15)20-18-21-19-23(22-18)16(13-26-19)14-7-3-1-4-8-14/h1-10,13H,11-12H2,(H,20,22,24). The van der Waals surface area contributed by atoms with Crippen LogP contribution in [0.5, 0.6) is 5.75 Å². The molecule has 1 amide bonds. The molecule has 0 bridgehead atoms. The van der Waals surface area contributed by atoms with Gasteiger partial charge in [-0.05, 0) is 12.1 Å². The molecule has 0 unspecified atom stereocenters. The molecule has 6 nitrogen and oxygen atoms in total. The predicted molar refractivity (Wildman–Crippen MR) is 101 cm³/mol. The molecule has 0 aliphatic heterocycles. The minimum absolute atomic E-state index is 0.180. The van der Waals surface area contributed by atoms with Crippen molar-refractivity contribution in [3.63, 3.8) is 0 Å². The van der Waals surface area contributed by atoms with Gasteiger partial charge >= 0.3 is 0 Å². The van der Waals surface area contributed by atoms with Gasteiger partial charge in [0.15, 0.2) is 0 Å². The molecule has 2 heterocycles. The topological polar surface area (TPSA) is 68.5 Å². The number of ether oxygens (including phenoxy) is 1. The number of carbonyl (C=O) groups excluding carboxylic acids is 1. The summed E-state index contributed by atoms with van der Waals surface area (Å²) in [7, 11) is 0. The van der Waals surface area contributed by atoms with E-state index in [1.165, 1.54) is 11.3 Å². The van der Waals surface area contributed by atoms with Gasteiger partial charge in [-0.1, -0.05) is 48.5 Å². The maximum Gasteiger partial charge on any atom is 0.250 e. The van der Waals surface area contributed by atoms with Gasteiger partial charge in [-0.25, -0.2) is 4.52 Å². The second kappa shape index (κ2) is 7.37. The van der Waals surface area contributed by atoms with Crippen LogP contribution >= 0.6 is 11.3 Å². The number of rotatable bonds is 6. The zero-order valence-electron chi connectivity index (χ0n) is 13.8. The Bertz CT molecular complexity index is 1010. The molecule has 2 aromatic carbocycles. The van der Waals surface area contributed by atoms with Crippen molar-refractivity contribution in [2.75, 3.05) is 11.9 Å². The number of thiazole rings is 1. The van der Waals surface area contributed by atoms with E-state index in [1.54, 1.807) is 4.52 Å². The highest BCUT2D eigenvalue weighted by Crippen LogP contribution is 2.25. The molecule has 0 saturated heterocycles. The SMILES string of the molecule is O=C(CCOc1ccccc1)Nc1nc2scc(-c3ccccc3)n2n1. The third-order valence-corrected chi connectivity index (χ3v) is 4.56. The van der Waals surface area contributed by atoms with E-state index in [1.807, 2.05) is 66.0 Å². The van der Waals surface area contributed by atoms with Crippen LogP contribution in [0.1, 0.15) is 6.42 Å². The first kappa shape index (κ1) is 16.3. The van der Waals surface area contributed by atoms with Crippen LogP contribution in [-0.4, -0.2) is 27.1 Å². The summed E-state index contributed by atoms with van der Waals surface area (Å²) in [5.74, 6) is 0.868. The number of para-hydroxylation sites is 1. The molecule has 4 rings (SSSR count). The Morgan fingerprint density at radius 2 is 1.81 bits per heavy atom. The molecule has 7 heteroatoms. The molecular formula is C19H16N4O2S. The summed E-state index contributed by atoms with van der Waals surface area (Å²) < 4.78 is 7.28. The number of nitrogens with one attached hydrogen (secondary N) is 1. The number of benzene rings is 2. The monoisotopic (exact) mass is 364 g/mol. The number of carbonyl (C=O) groups is 1. The van der Waals surface area contributed by atoms with E-state index in [0.29, 0.717) is 12.6 Å². The lowest BCUT2D eigenvalue weighted by molar-refractivity contribution is -0.116. The lowest BCUT2D eigenvalue weighted by atomic mass is 10.2. The van der Waals surface area contributed by atoms with E-state index in [9.17, 15) is 4.79 Å². The summed E-state index contributed by atoms with van der Waals surface area (Å²) in [4.78, 5) is 17.2. The maximum atomic E-state index is 12.1. The second-order valence-electron chi connectivity index (χ2n) is 5.58. The Balaban J connectivity index is 1.40. The quantitative estimate of drug-likeness (QED) is 0.564. The highest BCUT2D eigenvalue weighted by Gasteiger charge is 2.13. The molecule has 26 heavy (non-hydrogen) atoms. The van der Waals surface area contributed by atoms with Crippen LogP contribution in [0.4, 0.5) is 5.95 Å². The van der Waals surface area contributed by atoms with Gasteiger partial charge in [-0.3, -0.25) is 10.1 Å². The summed E-state index contributed by atoms with van der Waals surface area (Å²) in [6, 6.07) is 19.4. The first-order valence-corrected chi connectivity index (χ1v) is 9.05. The number of anilines is 1. The number of amides is 1. The average molecular weight is 364 g/mol. The molecule has 0 fully saturated rings. The molecule has 0 saturated carbocycles. The minimum atomic E-state index is -0.180. The molecule has 2 aromatic heterocycles. The van der Waals surface area contributed by atoms with Crippen LogP contribution < -0.4 is 10.1 Å². The van der Waals surface area contributed by atoms with E-state index in [2.05, 4.69) is 15.4 Å². The van der Waals surface area contributed by atoms with Crippen molar-refractivity contribution in [1.29, 1.82) is 0 Å². The number of nitrogens with zero attached hydrogens (tertiary/aromatic N) is 3. The third kappa shape index (κ3) is 3.57. The van der Waals surface area contributed by atoms with Gasteiger partial charge in [-0.2, -0.15) is 4.98 Å². The van der Waals surface area contributed by atoms with Crippen molar-refractivity contribution in [2.24, 2.45) is 0 Å². The van der Waals surface area contributed by atoms with Gasteiger partial charge in [0, 0.05) is 10.9 Å². The molecule has 1 N–H and O–H groups in total. The highest BCUT2D eigenvalue weighted by molar-refractivity contribution is 7.15. The first-order valence-electron chi connectivity index (χ1n) is 8.17. The zero-order valence-corrected chi connectivity index (χ0v) is 14.6. The third-order valence-electron chi connectivity index (χ3n) is 3.74. The van der Waals surface area contributed by atoms with Gasteiger partial charge in [0.2, 0.25) is 16.8 Å². The second-order valence-corrected chi connectivity index (χ2v) is 6.41. The first-order chi connectivity index (χ1) is 12.8. The summed E-state index contributed by atoms with van der Waals surface area (Å²) in [6.07, 6.45) is 0.229.